The van der Waals surface area contributed by atoms with Gasteiger partial charge in [0.25, 0.3) is 0 Å². The van der Waals surface area contributed by atoms with Crippen molar-refractivity contribution in [2.45, 2.75) is 58.4 Å². The highest BCUT2D eigenvalue weighted by Gasteiger charge is 2.29. The fourth-order valence-electron chi connectivity index (χ4n) is 4.57. The minimum atomic E-state index is -0.569. The summed E-state index contributed by atoms with van der Waals surface area (Å²) < 4.78 is 10.9. The van der Waals surface area contributed by atoms with E-state index in [2.05, 4.69) is 17.2 Å². The van der Waals surface area contributed by atoms with Crippen molar-refractivity contribution in [1.82, 2.24) is 15.8 Å². The summed E-state index contributed by atoms with van der Waals surface area (Å²) in [6, 6.07) is 9.40. The van der Waals surface area contributed by atoms with Crippen LogP contribution in [0.3, 0.4) is 0 Å². The Morgan fingerprint density at radius 3 is 2.68 bits per heavy atom. The molecule has 186 valence electrons. The molecule has 1 saturated carbocycles. The van der Waals surface area contributed by atoms with Crippen molar-refractivity contribution in [3.05, 3.63) is 42.1 Å². The summed E-state index contributed by atoms with van der Waals surface area (Å²) in [6.45, 7) is 4.97. The van der Waals surface area contributed by atoms with Crippen molar-refractivity contribution < 1.29 is 24.3 Å². The summed E-state index contributed by atoms with van der Waals surface area (Å²) in [6.07, 6.45) is 6.31. The van der Waals surface area contributed by atoms with Gasteiger partial charge in [0.05, 0.1) is 18.2 Å². The van der Waals surface area contributed by atoms with Gasteiger partial charge in [-0.15, -0.1) is 0 Å². The lowest BCUT2D eigenvalue weighted by molar-refractivity contribution is -0.135. The minimum absolute atomic E-state index is 0.00689. The van der Waals surface area contributed by atoms with Gasteiger partial charge in [0.15, 0.2) is 0 Å². The summed E-state index contributed by atoms with van der Waals surface area (Å²) in [4.78, 5) is 30.0. The van der Waals surface area contributed by atoms with Crippen molar-refractivity contribution in [2.24, 2.45) is 17.8 Å². The zero-order valence-corrected chi connectivity index (χ0v) is 20.2. The molecule has 8 nitrogen and oxygen atoms in total. The summed E-state index contributed by atoms with van der Waals surface area (Å²) in [7, 11) is 0. The molecule has 8 heteroatoms. The first-order valence-corrected chi connectivity index (χ1v) is 12.2. The molecule has 34 heavy (non-hydrogen) atoms. The van der Waals surface area contributed by atoms with E-state index >= 15 is 0 Å². The first-order chi connectivity index (χ1) is 16.5. The van der Waals surface area contributed by atoms with Gasteiger partial charge in [-0.1, -0.05) is 25.1 Å². The molecule has 0 saturated heterocycles. The molecule has 0 radical (unpaired) electrons. The van der Waals surface area contributed by atoms with Crippen molar-refractivity contribution in [3.63, 3.8) is 0 Å². The number of carbonyl (C=O) groups is 2. The number of benzene rings is 1. The molecule has 3 N–H and O–H groups in total. The molecule has 0 aliphatic heterocycles. The predicted octanol–water partition coefficient (Wildman–Crippen LogP) is 3.61. The normalized spacial score (nSPS) is 20.0. The summed E-state index contributed by atoms with van der Waals surface area (Å²) in [5.41, 5.74) is 3.55. The van der Waals surface area contributed by atoms with Gasteiger partial charge in [-0.2, -0.15) is 0 Å². The molecular formula is C26H37N3O5. The maximum Gasteiger partial charge on any atom is 0.246 e. The smallest absolute Gasteiger partial charge is 0.246 e. The number of ether oxygens (including phenoxy) is 2. The number of fused-ring (bicyclic) bond motifs is 1. The molecule has 0 bridgehead atoms. The molecule has 2 atom stereocenters. The van der Waals surface area contributed by atoms with Crippen LogP contribution < -0.4 is 10.8 Å². The topological polar surface area (TPSA) is 110 Å². The number of nitrogens with one attached hydrogen (secondary N) is 2. The molecule has 1 aliphatic rings. The van der Waals surface area contributed by atoms with Gasteiger partial charge in [-0.3, -0.25) is 19.8 Å². The lowest BCUT2D eigenvalue weighted by atomic mass is 9.82. The number of hydrogen-bond donors (Lipinski definition) is 3. The predicted molar refractivity (Wildman–Crippen MR) is 129 cm³/mol. The van der Waals surface area contributed by atoms with E-state index in [-0.39, 0.29) is 31.3 Å². The molecule has 2 amide bonds. The third-order valence-electron chi connectivity index (χ3n) is 6.60. The Balaban J connectivity index is 1.70. The SMILES string of the molecule is CCOCOCC(CC(Cc1cnc2ccccc2c1)C(=O)NO)NC(=O)C1CCC(C)CC1. The zero-order chi connectivity index (χ0) is 24.3. The van der Waals surface area contributed by atoms with E-state index in [0.29, 0.717) is 25.4 Å². The number of nitrogens with zero attached hydrogens (tertiary/aromatic N) is 1. The Labute approximate surface area is 201 Å². The Morgan fingerprint density at radius 2 is 1.94 bits per heavy atom. The highest BCUT2D eigenvalue weighted by Crippen LogP contribution is 2.28. The Bertz CT molecular complexity index is 930. The Kier molecular flexibility index (Phi) is 10.2. The van der Waals surface area contributed by atoms with Crippen LogP contribution in [0.25, 0.3) is 10.9 Å². The van der Waals surface area contributed by atoms with Crippen LogP contribution in [0.2, 0.25) is 0 Å². The van der Waals surface area contributed by atoms with Crippen LogP contribution in [0.15, 0.2) is 36.5 Å². The van der Waals surface area contributed by atoms with E-state index in [1.54, 1.807) is 11.7 Å². The van der Waals surface area contributed by atoms with E-state index in [0.717, 1.165) is 42.1 Å². The maximum atomic E-state index is 13.0. The van der Waals surface area contributed by atoms with Crippen molar-refractivity contribution >= 4 is 22.7 Å². The van der Waals surface area contributed by atoms with Crippen molar-refractivity contribution in [2.75, 3.05) is 20.0 Å². The van der Waals surface area contributed by atoms with Crippen LogP contribution in [-0.2, 0) is 25.5 Å². The second-order valence-corrected chi connectivity index (χ2v) is 9.29. The average Bonchev–Trinajstić information content (AvgIpc) is 2.85. The summed E-state index contributed by atoms with van der Waals surface area (Å²) in [5, 5.41) is 13.5. The number of hydrogen-bond acceptors (Lipinski definition) is 6. The van der Waals surface area contributed by atoms with Gasteiger partial charge in [0.1, 0.15) is 6.79 Å². The largest absolute Gasteiger partial charge is 0.356 e. The molecule has 1 fully saturated rings. The molecule has 1 aromatic carbocycles. The number of aromatic nitrogens is 1. The molecule has 0 spiro atoms. The van der Waals surface area contributed by atoms with Crippen LogP contribution in [0, 0.1) is 17.8 Å². The van der Waals surface area contributed by atoms with E-state index in [1.807, 2.05) is 37.3 Å². The Hall–Kier alpha value is -2.55. The van der Waals surface area contributed by atoms with Gasteiger partial charge >= 0.3 is 0 Å². The maximum absolute atomic E-state index is 13.0. The van der Waals surface area contributed by atoms with E-state index < -0.39 is 11.8 Å². The highest BCUT2D eigenvalue weighted by molar-refractivity contribution is 5.81. The van der Waals surface area contributed by atoms with Gasteiger partial charge < -0.3 is 14.8 Å². The fraction of sp³-hybridized carbons (Fsp3) is 0.577. The van der Waals surface area contributed by atoms with Gasteiger partial charge in [-0.25, -0.2) is 5.48 Å². The van der Waals surface area contributed by atoms with E-state index in [4.69, 9.17) is 9.47 Å². The first kappa shape index (κ1) is 26.1. The third kappa shape index (κ3) is 7.75. The van der Waals surface area contributed by atoms with Crippen LogP contribution >= 0.6 is 0 Å². The molecule has 2 unspecified atom stereocenters. The molecule has 1 aliphatic carbocycles. The lowest BCUT2D eigenvalue weighted by Crippen LogP contribution is -2.45. The summed E-state index contributed by atoms with van der Waals surface area (Å²) in [5.74, 6) is -0.417. The molecule has 1 aromatic heterocycles. The van der Waals surface area contributed by atoms with E-state index in [1.165, 1.54) is 0 Å². The number of pyridine rings is 1. The highest BCUT2D eigenvalue weighted by atomic mass is 16.7. The molecule has 3 rings (SSSR count). The number of amides is 2. The zero-order valence-electron chi connectivity index (χ0n) is 20.2. The number of hydroxylamine groups is 1. The second-order valence-electron chi connectivity index (χ2n) is 9.29. The van der Waals surface area contributed by atoms with Crippen LogP contribution in [0.4, 0.5) is 0 Å². The fourth-order valence-corrected chi connectivity index (χ4v) is 4.57. The van der Waals surface area contributed by atoms with Gasteiger partial charge in [-0.05, 0) is 69.1 Å². The quantitative estimate of drug-likeness (QED) is 0.189. The summed E-state index contributed by atoms with van der Waals surface area (Å²) >= 11 is 0. The molecule has 1 heterocycles. The van der Waals surface area contributed by atoms with Gasteiger partial charge in [0.2, 0.25) is 11.8 Å². The number of para-hydroxylation sites is 1. The van der Waals surface area contributed by atoms with Crippen LogP contribution in [0.5, 0.6) is 0 Å². The lowest BCUT2D eigenvalue weighted by Gasteiger charge is -2.29. The first-order valence-electron chi connectivity index (χ1n) is 12.2. The second kappa shape index (κ2) is 13.4. The van der Waals surface area contributed by atoms with Crippen molar-refractivity contribution in [1.29, 1.82) is 0 Å². The number of carbonyl (C=O) groups excluding carboxylic acids is 2. The van der Waals surface area contributed by atoms with E-state index in [9.17, 15) is 14.8 Å². The standard InChI is InChI=1S/C26H37N3O5/c1-3-33-17-34-16-23(28-25(30)20-10-8-18(2)9-11-20)14-22(26(31)29-32)13-19-12-21-6-4-5-7-24(21)27-15-19/h4-7,12,15,18,20,22-23,32H,3,8-11,13-14,16-17H2,1-2H3,(H,28,30)(H,29,31). The Morgan fingerprint density at radius 1 is 1.18 bits per heavy atom. The monoisotopic (exact) mass is 471 g/mol. The molecule has 2 aromatic rings. The van der Waals surface area contributed by atoms with Crippen LogP contribution in [0.1, 0.15) is 51.5 Å². The third-order valence-corrected chi connectivity index (χ3v) is 6.60. The van der Waals surface area contributed by atoms with Crippen LogP contribution in [-0.4, -0.2) is 48.1 Å². The minimum Gasteiger partial charge on any atom is -0.356 e. The average molecular weight is 472 g/mol. The number of rotatable bonds is 12. The van der Waals surface area contributed by atoms with Crippen molar-refractivity contribution in [3.8, 4) is 0 Å². The van der Waals surface area contributed by atoms with Gasteiger partial charge in [0, 0.05) is 30.0 Å². The molecular weight excluding hydrogens is 434 g/mol.